The second kappa shape index (κ2) is 7.11. The van der Waals surface area contributed by atoms with Crippen molar-refractivity contribution in [3.8, 4) is 22.9 Å². The number of nitrogens with zero attached hydrogens (tertiary/aromatic N) is 2. The average molecular weight is 344 g/mol. The van der Waals surface area contributed by atoms with E-state index in [1.807, 2.05) is 67.6 Å². The SMILES string of the molecule is Cc1ccc(Oc2ccc(-c3noc(/C=C/c4ccco4)n3)cc2)cc1. The molecule has 26 heavy (non-hydrogen) atoms. The van der Waals surface area contributed by atoms with Crippen molar-refractivity contribution in [3.05, 3.63) is 84.1 Å². The maximum absolute atomic E-state index is 5.82. The molecular weight excluding hydrogens is 328 g/mol. The number of hydrogen-bond acceptors (Lipinski definition) is 5. The highest BCUT2D eigenvalue weighted by atomic mass is 16.5. The van der Waals surface area contributed by atoms with Crippen LogP contribution in [0.5, 0.6) is 11.5 Å². The second-order valence-corrected chi connectivity index (χ2v) is 5.74. The van der Waals surface area contributed by atoms with E-state index in [1.165, 1.54) is 5.56 Å². The molecule has 0 amide bonds. The zero-order chi connectivity index (χ0) is 17.8. The fraction of sp³-hybridized carbons (Fsp3) is 0.0476. The fourth-order valence-corrected chi connectivity index (χ4v) is 2.37. The third-order valence-corrected chi connectivity index (χ3v) is 3.74. The lowest BCUT2D eigenvalue weighted by molar-refractivity contribution is 0.411. The number of aryl methyl sites for hydroxylation is 1. The van der Waals surface area contributed by atoms with Gasteiger partial charge in [0.1, 0.15) is 17.3 Å². The Hall–Kier alpha value is -3.60. The summed E-state index contributed by atoms with van der Waals surface area (Å²) in [6.07, 6.45) is 5.10. The first-order valence-electron chi connectivity index (χ1n) is 8.16. The molecule has 0 N–H and O–H groups in total. The summed E-state index contributed by atoms with van der Waals surface area (Å²) in [5, 5.41) is 4.00. The number of rotatable bonds is 5. The fourth-order valence-electron chi connectivity index (χ4n) is 2.37. The Morgan fingerprint density at radius 3 is 2.31 bits per heavy atom. The lowest BCUT2D eigenvalue weighted by Crippen LogP contribution is -1.85. The molecule has 128 valence electrons. The summed E-state index contributed by atoms with van der Waals surface area (Å²) in [7, 11) is 0. The van der Waals surface area contributed by atoms with Crippen LogP contribution in [0.3, 0.4) is 0 Å². The predicted molar refractivity (Wildman–Crippen MR) is 98.6 cm³/mol. The van der Waals surface area contributed by atoms with Crippen LogP contribution in [0.15, 0.2) is 75.9 Å². The van der Waals surface area contributed by atoms with Gasteiger partial charge < -0.3 is 13.7 Å². The van der Waals surface area contributed by atoms with Crippen molar-refractivity contribution in [3.63, 3.8) is 0 Å². The van der Waals surface area contributed by atoms with Gasteiger partial charge in [0.2, 0.25) is 5.82 Å². The van der Waals surface area contributed by atoms with Crippen molar-refractivity contribution in [2.45, 2.75) is 6.92 Å². The van der Waals surface area contributed by atoms with E-state index in [1.54, 1.807) is 18.4 Å². The highest BCUT2D eigenvalue weighted by Crippen LogP contribution is 2.25. The van der Waals surface area contributed by atoms with E-state index in [-0.39, 0.29) is 0 Å². The van der Waals surface area contributed by atoms with Crippen LogP contribution in [0.2, 0.25) is 0 Å². The molecule has 0 saturated carbocycles. The van der Waals surface area contributed by atoms with Crippen molar-refractivity contribution in [2.75, 3.05) is 0 Å². The molecule has 0 atom stereocenters. The zero-order valence-electron chi connectivity index (χ0n) is 14.1. The molecule has 4 aromatic rings. The monoisotopic (exact) mass is 344 g/mol. The van der Waals surface area contributed by atoms with Crippen molar-refractivity contribution >= 4 is 12.2 Å². The highest BCUT2D eigenvalue weighted by Gasteiger charge is 2.07. The molecule has 2 heterocycles. The molecule has 0 aliphatic carbocycles. The van der Waals surface area contributed by atoms with E-state index in [0.29, 0.717) is 11.7 Å². The van der Waals surface area contributed by atoms with E-state index >= 15 is 0 Å². The smallest absolute Gasteiger partial charge is 0.251 e. The van der Waals surface area contributed by atoms with E-state index < -0.39 is 0 Å². The number of hydrogen-bond donors (Lipinski definition) is 0. The lowest BCUT2D eigenvalue weighted by Gasteiger charge is -2.06. The quantitative estimate of drug-likeness (QED) is 0.471. The Kier molecular flexibility index (Phi) is 4.35. The second-order valence-electron chi connectivity index (χ2n) is 5.74. The number of ether oxygens (including phenoxy) is 1. The molecule has 0 spiro atoms. The Labute approximate surface area is 150 Å². The molecule has 0 fully saturated rings. The van der Waals surface area contributed by atoms with Gasteiger partial charge in [-0.2, -0.15) is 4.98 Å². The van der Waals surface area contributed by atoms with Crippen LogP contribution in [0.1, 0.15) is 17.2 Å². The lowest BCUT2D eigenvalue weighted by atomic mass is 10.2. The van der Waals surface area contributed by atoms with E-state index in [0.717, 1.165) is 22.8 Å². The van der Waals surface area contributed by atoms with Gasteiger partial charge in [-0.25, -0.2) is 0 Å². The minimum absolute atomic E-state index is 0.413. The van der Waals surface area contributed by atoms with Crippen LogP contribution in [-0.2, 0) is 0 Å². The van der Waals surface area contributed by atoms with Crippen LogP contribution in [0.25, 0.3) is 23.5 Å². The third kappa shape index (κ3) is 3.72. The van der Waals surface area contributed by atoms with Crippen LogP contribution >= 0.6 is 0 Å². The number of aromatic nitrogens is 2. The normalized spacial score (nSPS) is 11.1. The Morgan fingerprint density at radius 2 is 1.62 bits per heavy atom. The summed E-state index contributed by atoms with van der Waals surface area (Å²) in [4.78, 5) is 4.36. The van der Waals surface area contributed by atoms with Crippen LogP contribution in [-0.4, -0.2) is 10.1 Å². The van der Waals surface area contributed by atoms with Gasteiger partial charge in [-0.3, -0.25) is 0 Å². The summed E-state index contributed by atoms with van der Waals surface area (Å²) in [5.74, 6) is 3.21. The van der Waals surface area contributed by atoms with Gasteiger partial charge in [0.05, 0.1) is 6.26 Å². The van der Waals surface area contributed by atoms with Gasteiger partial charge in [0.15, 0.2) is 0 Å². The van der Waals surface area contributed by atoms with Gasteiger partial charge in [0.25, 0.3) is 5.89 Å². The molecule has 0 radical (unpaired) electrons. The van der Waals surface area contributed by atoms with Gasteiger partial charge in [-0.1, -0.05) is 22.9 Å². The van der Waals surface area contributed by atoms with Gasteiger partial charge in [0, 0.05) is 11.6 Å². The Balaban J connectivity index is 1.46. The predicted octanol–water partition coefficient (Wildman–Crippen LogP) is 5.60. The zero-order valence-corrected chi connectivity index (χ0v) is 14.1. The summed E-state index contributed by atoms with van der Waals surface area (Å²) in [6.45, 7) is 2.04. The third-order valence-electron chi connectivity index (χ3n) is 3.74. The van der Waals surface area contributed by atoms with Crippen LogP contribution in [0, 0.1) is 6.92 Å². The summed E-state index contributed by atoms with van der Waals surface area (Å²) >= 11 is 0. The van der Waals surface area contributed by atoms with Crippen LogP contribution < -0.4 is 4.74 Å². The molecule has 4 rings (SSSR count). The van der Waals surface area contributed by atoms with E-state index in [4.69, 9.17) is 13.7 Å². The molecule has 0 saturated heterocycles. The molecule has 0 aliphatic heterocycles. The first kappa shape index (κ1) is 15.9. The Morgan fingerprint density at radius 1 is 0.885 bits per heavy atom. The van der Waals surface area contributed by atoms with E-state index in [9.17, 15) is 0 Å². The summed E-state index contributed by atoms with van der Waals surface area (Å²) in [5.41, 5.74) is 2.05. The topological polar surface area (TPSA) is 61.3 Å². The Bertz CT molecular complexity index is 998. The molecule has 5 heteroatoms. The molecule has 0 aliphatic rings. The standard InChI is InChI=1S/C21H16N2O3/c1-15-4-8-18(9-5-15)25-19-10-6-16(7-11-19)21-22-20(26-23-21)13-12-17-3-2-14-24-17/h2-14H,1H3/b13-12+. The minimum atomic E-state index is 0.413. The molecule has 0 bridgehead atoms. The summed E-state index contributed by atoms with van der Waals surface area (Å²) < 4.78 is 16.3. The van der Waals surface area contributed by atoms with Crippen molar-refractivity contribution in [1.29, 1.82) is 0 Å². The first-order valence-corrected chi connectivity index (χ1v) is 8.16. The molecule has 0 unspecified atom stereocenters. The highest BCUT2D eigenvalue weighted by molar-refractivity contribution is 5.64. The minimum Gasteiger partial charge on any atom is -0.465 e. The van der Waals surface area contributed by atoms with E-state index in [2.05, 4.69) is 10.1 Å². The maximum atomic E-state index is 5.82. The van der Waals surface area contributed by atoms with Crippen molar-refractivity contribution in [1.82, 2.24) is 10.1 Å². The summed E-state index contributed by atoms with van der Waals surface area (Å²) in [6, 6.07) is 19.1. The van der Waals surface area contributed by atoms with Gasteiger partial charge in [-0.05, 0) is 61.5 Å². The van der Waals surface area contributed by atoms with Crippen molar-refractivity contribution in [2.24, 2.45) is 0 Å². The van der Waals surface area contributed by atoms with Crippen molar-refractivity contribution < 1.29 is 13.7 Å². The van der Waals surface area contributed by atoms with Crippen LogP contribution in [0.4, 0.5) is 0 Å². The first-order chi connectivity index (χ1) is 12.8. The number of benzene rings is 2. The van der Waals surface area contributed by atoms with Gasteiger partial charge >= 0.3 is 0 Å². The largest absolute Gasteiger partial charge is 0.465 e. The maximum Gasteiger partial charge on any atom is 0.251 e. The number of furan rings is 1. The average Bonchev–Trinajstić information content (AvgIpc) is 3.34. The molecular formula is C21H16N2O3. The molecule has 2 aromatic heterocycles. The van der Waals surface area contributed by atoms with Gasteiger partial charge in [-0.15, -0.1) is 0 Å². The molecule has 2 aromatic carbocycles. The molecule has 5 nitrogen and oxygen atoms in total.